The molecule has 0 atom stereocenters. The van der Waals surface area contributed by atoms with E-state index >= 15 is 0 Å². The number of rotatable bonds is 5. The highest BCUT2D eigenvalue weighted by Gasteiger charge is 2.21. The van der Waals surface area contributed by atoms with Gasteiger partial charge in [0.05, 0.1) is 0 Å². The summed E-state index contributed by atoms with van der Waals surface area (Å²) in [7, 11) is 0. The molecule has 1 fully saturated rings. The Morgan fingerprint density at radius 2 is 1.86 bits per heavy atom. The van der Waals surface area contributed by atoms with Gasteiger partial charge in [-0.15, -0.1) is 0 Å². The first-order valence-electron chi connectivity index (χ1n) is 8.49. The standard InChI is InChI=1S/C18H29N3O/c1-4-5-10-20-11-13-21(14-12-20)18(22)19-17-9-7-6-8-16(17)15(2)3/h6-9,15H,4-5,10-14H2,1-3H3,(H,19,22). The van der Waals surface area contributed by atoms with Gasteiger partial charge in [0.15, 0.2) is 0 Å². The summed E-state index contributed by atoms with van der Waals surface area (Å²) in [5.74, 6) is 0.405. The molecule has 22 heavy (non-hydrogen) atoms. The summed E-state index contributed by atoms with van der Waals surface area (Å²) < 4.78 is 0. The van der Waals surface area contributed by atoms with Crippen LogP contribution in [0.2, 0.25) is 0 Å². The molecule has 0 radical (unpaired) electrons. The lowest BCUT2D eigenvalue weighted by molar-refractivity contribution is 0.146. The van der Waals surface area contributed by atoms with Crippen LogP contribution in [-0.2, 0) is 0 Å². The van der Waals surface area contributed by atoms with Crippen molar-refractivity contribution >= 4 is 11.7 Å². The van der Waals surface area contributed by atoms with E-state index in [9.17, 15) is 4.79 Å². The summed E-state index contributed by atoms with van der Waals surface area (Å²) in [6, 6.07) is 8.11. The predicted molar refractivity (Wildman–Crippen MR) is 92.5 cm³/mol. The van der Waals surface area contributed by atoms with Gasteiger partial charge in [0.1, 0.15) is 0 Å². The van der Waals surface area contributed by atoms with Crippen molar-refractivity contribution in [1.29, 1.82) is 0 Å². The number of carbonyl (C=O) groups excluding carboxylic acids is 1. The topological polar surface area (TPSA) is 35.6 Å². The van der Waals surface area contributed by atoms with Gasteiger partial charge >= 0.3 is 6.03 Å². The van der Waals surface area contributed by atoms with E-state index in [1.165, 1.54) is 18.4 Å². The quantitative estimate of drug-likeness (QED) is 0.899. The number of anilines is 1. The zero-order valence-electron chi connectivity index (χ0n) is 14.1. The Hall–Kier alpha value is -1.55. The second-order valence-electron chi connectivity index (χ2n) is 6.35. The van der Waals surface area contributed by atoms with Crippen LogP contribution in [0.5, 0.6) is 0 Å². The van der Waals surface area contributed by atoms with E-state index in [0.717, 1.165) is 38.4 Å². The van der Waals surface area contributed by atoms with Crippen molar-refractivity contribution in [1.82, 2.24) is 9.80 Å². The molecule has 122 valence electrons. The zero-order chi connectivity index (χ0) is 15.9. The normalized spacial score (nSPS) is 16.1. The number of amides is 2. The van der Waals surface area contributed by atoms with Crippen LogP contribution in [0.25, 0.3) is 0 Å². The van der Waals surface area contributed by atoms with E-state index in [1.54, 1.807) is 0 Å². The highest BCUT2D eigenvalue weighted by Crippen LogP contribution is 2.24. The third-order valence-electron chi connectivity index (χ3n) is 4.31. The average Bonchev–Trinajstić information content (AvgIpc) is 2.53. The van der Waals surface area contributed by atoms with Crippen LogP contribution in [0.1, 0.15) is 45.1 Å². The summed E-state index contributed by atoms with van der Waals surface area (Å²) in [6.07, 6.45) is 2.47. The first kappa shape index (κ1) is 16.8. The first-order valence-corrected chi connectivity index (χ1v) is 8.49. The molecule has 0 bridgehead atoms. The Labute approximate surface area is 134 Å². The van der Waals surface area contributed by atoms with Gasteiger partial charge in [-0.25, -0.2) is 4.79 Å². The largest absolute Gasteiger partial charge is 0.322 e. The molecule has 1 aliphatic heterocycles. The number of piperazine rings is 1. The SMILES string of the molecule is CCCCN1CCN(C(=O)Nc2ccccc2C(C)C)CC1. The number of carbonyl (C=O) groups is 1. The highest BCUT2D eigenvalue weighted by atomic mass is 16.2. The number of hydrogen-bond acceptors (Lipinski definition) is 2. The molecule has 4 nitrogen and oxygen atoms in total. The zero-order valence-corrected chi connectivity index (χ0v) is 14.1. The van der Waals surface area contributed by atoms with E-state index in [0.29, 0.717) is 5.92 Å². The Kier molecular flexibility index (Phi) is 6.25. The molecule has 0 saturated carbocycles. The third kappa shape index (κ3) is 4.47. The van der Waals surface area contributed by atoms with Gasteiger partial charge < -0.3 is 10.2 Å². The number of unbranched alkanes of at least 4 members (excludes halogenated alkanes) is 1. The molecular formula is C18H29N3O. The summed E-state index contributed by atoms with van der Waals surface area (Å²) in [5.41, 5.74) is 2.13. The van der Waals surface area contributed by atoms with E-state index in [-0.39, 0.29) is 6.03 Å². The van der Waals surface area contributed by atoms with Gasteiger partial charge in [-0.2, -0.15) is 0 Å². The maximum Gasteiger partial charge on any atom is 0.321 e. The van der Waals surface area contributed by atoms with Crippen LogP contribution < -0.4 is 5.32 Å². The Morgan fingerprint density at radius 1 is 1.18 bits per heavy atom. The van der Waals surface area contributed by atoms with E-state index < -0.39 is 0 Å². The molecule has 0 aliphatic carbocycles. The highest BCUT2D eigenvalue weighted by molar-refractivity contribution is 5.90. The fraction of sp³-hybridized carbons (Fsp3) is 0.611. The predicted octanol–water partition coefficient (Wildman–Crippen LogP) is 3.76. The van der Waals surface area contributed by atoms with Crippen LogP contribution in [0.3, 0.4) is 0 Å². The lowest BCUT2D eigenvalue weighted by atomic mass is 10.0. The van der Waals surface area contributed by atoms with Gasteiger partial charge in [0.2, 0.25) is 0 Å². The number of para-hydroxylation sites is 1. The van der Waals surface area contributed by atoms with E-state index in [2.05, 4.69) is 37.1 Å². The van der Waals surface area contributed by atoms with Crippen molar-refractivity contribution < 1.29 is 4.79 Å². The summed E-state index contributed by atoms with van der Waals surface area (Å²) >= 11 is 0. The second kappa shape index (κ2) is 8.18. The van der Waals surface area contributed by atoms with Crippen LogP contribution >= 0.6 is 0 Å². The molecule has 2 amide bonds. The molecule has 1 aromatic carbocycles. The van der Waals surface area contributed by atoms with Gasteiger partial charge in [-0.1, -0.05) is 45.4 Å². The summed E-state index contributed by atoms with van der Waals surface area (Å²) in [5, 5.41) is 3.09. The van der Waals surface area contributed by atoms with Crippen molar-refractivity contribution in [3.05, 3.63) is 29.8 Å². The molecular weight excluding hydrogens is 274 g/mol. The molecule has 0 unspecified atom stereocenters. The van der Waals surface area contributed by atoms with E-state index in [4.69, 9.17) is 0 Å². The Morgan fingerprint density at radius 3 is 2.50 bits per heavy atom. The Balaban J connectivity index is 1.89. The monoisotopic (exact) mass is 303 g/mol. The molecule has 1 N–H and O–H groups in total. The first-order chi connectivity index (χ1) is 10.6. The molecule has 0 aromatic heterocycles. The maximum absolute atomic E-state index is 12.5. The number of urea groups is 1. The Bertz CT molecular complexity index is 479. The van der Waals surface area contributed by atoms with Crippen molar-refractivity contribution in [2.45, 2.75) is 39.5 Å². The number of nitrogens with one attached hydrogen (secondary N) is 1. The summed E-state index contributed by atoms with van der Waals surface area (Å²) in [6.45, 7) is 11.3. The van der Waals surface area contributed by atoms with Crippen LogP contribution in [0, 0.1) is 0 Å². The van der Waals surface area contributed by atoms with Crippen molar-refractivity contribution in [2.24, 2.45) is 0 Å². The minimum Gasteiger partial charge on any atom is -0.322 e. The molecule has 1 aliphatic rings. The molecule has 4 heteroatoms. The third-order valence-corrected chi connectivity index (χ3v) is 4.31. The lowest BCUT2D eigenvalue weighted by Crippen LogP contribution is -2.50. The van der Waals surface area contributed by atoms with Crippen molar-refractivity contribution in [3.63, 3.8) is 0 Å². The van der Waals surface area contributed by atoms with Gasteiger partial charge in [0.25, 0.3) is 0 Å². The molecule has 0 spiro atoms. The number of hydrogen-bond donors (Lipinski definition) is 1. The number of benzene rings is 1. The minimum atomic E-state index is 0.0308. The minimum absolute atomic E-state index is 0.0308. The smallest absolute Gasteiger partial charge is 0.321 e. The van der Waals surface area contributed by atoms with E-state index in [1.807, 2.05) is 23.1 Å². The molecule has 1 heterocycles. The van der Waals surface area contributed by atoms with Crippen molar-refractivity contribution in [2.75, 3.05) is 38.0 Å². The second-order valence-corrected chi connectivity index (χ2v) is 6.35. The van der Waals surface area contributed by atoms with Gasteiger partial charge in [-0.3, -0.25) is 4.90 Å². The van der Waals surface area contributed by atoms with Crippen molar-refractivity contribution in [3.8, 4) is 0 Å². The average molecular weight is 303 g/mol. The molecule has 1 aromatic rings. The number of nitrogens with zero attached hydrogens (tertiary/aromatic N) is 2. The van der Waals surface area contributed by atoms with Gasteiger partial charge in [-0.05, 0) is 30.5 Å². The van der Waals surface area contributed by atoms with Crippen LogP contribution in [0.15, 0.2) is 24.3 Å². The summed E-state index contributed by atoms with van der Waals surface area (Å²) in [4.78, 5) is 16.8. The maximum atomic E-state index is 12.5. The van der Waals surface area contributed by atoms with Crippen LogP contribution in [0.4, 0.5) is 10.5 Å². The van der Waals surface area contributed by atoms with Gasteiger partial charge in [0, 0.05) is 31.9 Å². The fourth-order valence-electron chi connectivity index (χ4n) is 2.86. The van der Waals surface area contributed by atoms with Crippen LogP contribution in [-0.4, -0.2) is 48.6 Å². The molecule has 1 saturated heterocycles. The lowest BCUT2D eigenvalue weighted by Gasteiger charge is -2.34. The fourth-order valence-corrected chi connectivity index (χ4v) is 2.86. The molecule has 2 rings (SSSR count).